The summed E-state index contributed by atoms with van der Waals surface area (Å²) in [4.78, 5) is 16.8. The number of nitrogens with two attached hydrogens (primary N) is 1. The van der Waals surface area contributed by atoms with Gasteiger partial charge in [0, 0.05) is 18.7 Å². The van der Waals surface area contributed by atoms with Crippen molar-refractivity contribution in [2.45, 2.75) is 31.2 Å². The Balaban J connectivity index is 1.61. The van der Waals surface area contributed by atoms with Gasteiger partial charge in [0.25, 0.3) is 5.91 Å². The molecule has 1 amide bonds. The Bertz CT molecular complexity index is 1170. The Morgan fingerprint density at radius 2 is 1.94 bits per heavy atom. The van der Waals surface area contributed by atoms with Crippen molar-refractivity contribution < 1.29 is 27.1 Å². The van der Waals surface area contributed by atoms with Gasteiger partial charge in [0.15, 0.2) is 0 Å². The van der Waals surface area contributed by atoms with Crippen molar-refractivity contribution >= 4 is 11.6 Å². The summed E-state index contributed by atoms with van der Waals surface area (Å²) in [5.41, 5.74) is 5.45. The molecule has 3 atom stereocenters. The number of carbonyl (C=O) groups is 1. The van der Waals surface area contributed by atoms with Crippen LogP contribution < -0.4 is 11.1 Å². The van der Waals surface area contributed by atoms with E-state index in [1.807, 2.05) is 0 Å². The number of halogens is 4. The molecule has 11 heteroatoms. The molecular weight excluding hydrogens is 442 g/mol. The highest BCUT2D eigenvalue weighted by molar-refractivity contribution is 6.03. The molecule has 0 saturated carbocycles. The molecule has 7 nitrogen and oxygen atoms in total. The van der Waals surface area contributed by atoms with Gasteiger partial charge in [-0.15, -0.1) is 0 Å². The molecule has 3 N–H and O–H groups in total. The van der Waals surface area contributed by atoms with E-state index >= 15 is 0 Å². The minimum atomic E-state index is -1.30. The lowest BCUT2D eigenvalue weighted by Gasteiger charge is -2.17. The molecule has 3 heterocycles. The lowest BCUT2D eigenvalue weighted by Crippen LogP contribution is -2.32. The topological polar surface area (TPSA) is 95.1 Å². The van der Waals surface area contributed by atoms with Crippen molar-refractivity contribution in [2.24, 2.45) is 12.8 Å². The highest BCUT2D eigenvalue weighted by Gasteiger charge is 2.30. The maximum atomic E-state index is 14.3. The van der Waals surface area contributed by atoms with E-state index < -0.39 is 52.9 Å². The molecule has 2 aromatic heterocycles. The van der Waals surface area contributed by atoms with E-state index in [2.05, 4.69) is 15.4 Å². The first-order valence-corrected chi connectivity index (χ1v) is 10.2. The molecule has 1 aliphatic rings. The number of hydrogen-bond donors (Lipinski definition) is 2. The third-order valence-corrected chi connectivity index (χ3v) is 5.48. The van der Waals surface area contributed by atoms with Crippen molar-refractivity contribution in [3.63, 3.8) is 0 Å². The fourth-order valence-electron chi connectivity index (χ4n) is 3.70. The molecule has 1 aliphatic heterocycles. The molecule has 1 aromatic carbocycles. The van der Waals surface area contributed by atoms with Crippen LogP contribution in [0.5, 0.6) is 0 Å². The molecule has 0 bridgehead atoms. The molecule has 174 valence electrons. The van der Waals surface area contributed by atoms with Crippen LogP contribution in [0.25, 0.3) is 11.3 Å². The summed E-state index contributed by atoms with van der Waals surface area (Å²) in [5, 5.41) is 6.76. The number of alkyl halides is 1. The van der Waals surface area contributed by atoms with Crippen molar-refractivity contribution in [1.29, 1.82) is 0 Å². The molecule has 1 fully saturated rings. The predicted molar refractivity (Wildman–Crippen MR) is 112 cm³/mol. The highest BCUT2D eigenvalue weighted by atomic mass is 19.1. The number of anilines is 1. The number of ether oxygens (including phenoxy) is 1. The maximum Gasteiger partial charge on any atom is 0.274 e. The van der Waals surface area contributed by atoms with E-state index in [0.29, 0.717) is 24.2 Å². The van der Waals surface area contributed by atoms with Gasteiger partial charge in [0.05, 0.1) is 24.2 Å². The quantitative estimate of drug-likeness (QED) is 0.576. The fourth-order valence-corrected chi connectivity index (χ4v) is 3.70. The van der Waals surface area contributed by atoms with E-state index in [9.17, 15) is 22.4 Å². The van der Waals surface area contributed by atoms with E-state index in [4.69, 9.17) is 10.5 Å². The van der Waals surface area contributed by atoms with Gasteiger partial charge in [-0.25, -0.2) is 22.5 Å². The normalized spacial score (nSPS) is 21.0. The van der Waals surface area contributed by atoms with E-state index in [0.717, 1.165) is 30.3 Å². The van der Waals surface area contributed by atoms with Gasteiger partial charge in [0.2, 0.25) is 0 Å². The Labute approximate surface area is 186 Å². The number of benzene rings is 1. The summed E-state index contributed by atoms with van der Waals surface area (Å²) >= 11 is 0. The van der Waals surface area contributed by atoms with Gasteiger partial charge in [-0.1, -0.05) is 0 Å². The number of pyridine rings is 1. The summed E-state index contributed by atoms with van der Waals surface area (Å²) in [6.07, 6.45) is 0.336. The van der Waals surface area contributed by atoms with Crippen molar-refractivity contribution in [1.82, 2.24) is 14.8 Å². The molecule has 0 spiro atoms. The minimum Gasteiger partial charge on any atom is -0.369 e. The average molecular weight is 463 g/mol. The van der Waals surface area contributed by atoms with Crippen LogP contribution in [0.15, 0.2) is 36.5 Å². The highest BCUT2D eigenvalue weighted by Crippen LogP contribution is 2.32. The monoisotopic (exact) mass is 463 g/mol. The van der Waals surface area contributed by atoms with Crippen molar-refractivity contribution in [3.05, 3.63) is 65.4 Å². The molecule has 1 saturated heterocycles. The Morgan fingerprint density at radius 3 is 2.73 bits per heavy atom. The largest absolute Gasteiger partial charge is 0.369 e. The number of carbonyl (C=O) groups excluding carboxylic acids is 1. The van der Waals surface area contributed by atoms with Crippen molar-refractivity contribution in [3.8, 4) is 11.3 Å². The lowest BCUT2D eigenvalue weighted by molar-refractivity contribution is 0.0247. The van der Waals surface area contributed by atoms with E-state index in [-0.39, 0.29) is 12.3 Å². The first-order chi connectivity index (χ1) is 15.7. The number of aromatic nitrogens is 3. The summed E-state index contributed by atoms with van der Waals surface area (Å²) in [5.74, 6) is -3.30. The van der Waals surface area contributed by atoms with Gasteiger partial charge in [-0.3, -0.25) is 9.48 Å². The van der Waals surface area contributed by atoms with Gasteiger partial charge in [-0.05, 0) is 43.2 Å². The van der Waals surface area contributed by atoms with Crippen LogP contribution >= 0.6 is 0 Å². The smallest absolute Gasteiger partial charge is 0.274 e. The van der Waals surface area contributed by atoms with Crippen molar-refractivity contribution in [2.75, 3.05) is 11.9 Å². The second-order valence-corrected chi connectivity index (χ2v) is 7.75. The second-order valence-electron chi connectivity index (χ2n) is 7.75. The minimum absolute atomic E-state index is 0.188. The molecule has 3 aromatic rings. The second kappa shape index (κ2) is 9.28. The van der Waals surface area contributed by atoms with Gasteiger partial charge in [-0.2, -0.15) is 5.10 Å². The number of aryl methyl sites for hydroxylation is 1. The van der Waals surface area contributed by atoms with Crippen LogP contribution in [-0.4, -0.2) is 39.5 Å². The molecule has 33 heavy (non-hydrogen) atoms. The summed E-state index contributed by atoms with van der Waals surface area (Å²) < 4.78 is 63.1. The Hall–Kier alpha value is -3.31. The zero-order valence-corrected chi connectivity index (χ0v) is 17.6. The number of nitrogens with zero attached hydrogens (tertiary/aromatic N) is 3. The number of amides is 1. The third-order valence-electron chi connectivity index (χ3n) is 5.48. The van der Waals surface area contributed by atoms with Crippen LogP contribution in [0.1, 0.15) is 35.1 Å². The average Bonchev–Trinajstić information content (AvgIpc) is 3.06. The zero-order chi connectivity index (χ0) is 23.7. The first-order valence-electron chi connectivity index (χ1n) is 10.2. The number of hydrogen-bond acceptors (Lipinski definition) is 5. The lowest BCUT2D eigenvalue weighted by atomic mass is 10.0. The van der Waals surface area contributed by atoms with Gasteiger partial charge in [0.1, 0.15) is 41.1 Å². The summed E-state index contributed by atoms with van der Waals surface area (Å²) in [6, 6.07) is 3.96. The molecule has 4 rings (SSSR count). The Kier molecular flexibility index (Phi) is 6.43. The predicted octanol–water partition coefficient (Wildman–Crippen LogP) is 3.67. The van der Waals surface area contributed by atoms with Crippen LogP contribution in [-0.2, 0) is 11.8 Å². The van der Waals surface area contributed by atoms with Gasteiger partial charge < -0.3 is 15.8 Å². The summed E-state index contributed by atoms with van der Waals surface area (Å²) in [6.45, 7) is -0.188. The fraction of sp³-hybridized carbons (Fsp3) is 0.318. The van der Waals surface area contributed by atoms with Crippen LogP contribution in [0, 0.1) is 17.5 Å². The van der Waals surface area contributed by atoms with Crippen LogP contribution in [0.4, 0.5) is 23.2 Å². The molecular formula is C22H21F4N5O2. The maximum absolute atomic E-state index is 14.3. The van der Waals surface area contributed by atoms with Crippen LogP contribution in [0.3, 0.4) is 0 Å². The molecule has 0 aliphatic carbocycles. The molecule has 0 radical (unpaired) electrons. The van der Waals surface area contributed by atoms with E-state index in [1.165, 1.54) is 10.9 Å². The number of nitrogens with one attached hydrogen (secondary N) is 1. The molecule has 0 unspecified atom stereocenters. The first kappa shape index (κ1) is 22.9. The standard InChI is InChI=1S/C22H21F4N5O2/c1-31-21(19-7-5-16(27)15(26)10-33-19)18(9-28-31)30-22(32)17-6-4-14(25)20(29-17)12-8-11(23)2-3-13(12)24/h2-4,6,8-9,15-16,19H,5,7,10,27H2,1H3,(H,30,32)/t15-,16-,19+/m1/s1. The van der Waals surface area contributed by atoms with Crippen LogP contribution in [0.2, 0.25) is 0 Å². The zero-order valence-electron chi connectivity index (χ0n) is 17.6. The van der Waals surface area contributed by atoms with Gasteiger partial charge >= 0.3 is 0 Å². The Morgan fingerprint density at radius 1 is 1.18 bits per heavy atom. The SMILES string of the molecule is Cn1ncc(NC(=O)c2ccc(F)c(-c3cc(F)ccc3F)n2)c1[C@@H]1CC[C@@H](N)[C@H](F)CO1. The number of rotatable bonds is 4. The third kappa shape index (κ3) is 4.74. The van der Waals surface area contributed by atoms with E-state index in [1.54, 1.807) is 7.05 Å². The summed E-state index contributed by atoms with van der Waals surface area (Å²) in [7, 11) is 1.65.